The van der Waals surface area contributed by atoms with Crippen LogP contribution in [0, 0.1) is 0 Å². The number of rotatable bonds is 4. The average molecular weight is 250 g/mol. The number of nitrogens with two attached hydrogens (primary N) is 2. The van der Waals surface area contributed by atoms with Crippen molar-refractivity contribution in [3.05, 3.63) is 0 Å². The first-order chi connectivity index (χ1) is 7.88. The van der Waals surface area contributed by atoms with Crippen LogP contribution in [-0.2, 0) is 14.3 Å². The van der Waals surface area contributed by atoms with Crippen LogP contribution < -0.4 is 11.5 Å². The van der Waals surface area contributed by atoms with E-state index in [1.54, 1.807) is 0 Å². The lowest BCUT2D eigenvalue weighted by Gasteiger charge is -2.41. The number of carbonyl (C=O) groups is 1. The summed E-state index contributed by atoms with van der Waals surface area (Å²) < 4.78 is 10.0. The van der Waals surface area contributed by atoms with Crippen LogP contribution >= 0.6 is 0 Å². The molecule has 100 valence electrons. The van der Waals surface area contributed by atoms with E-state index in [0.29, 0.717) is 0 Å². The second kappa shape index (κ2) is 5.71. The zero-order valence-electron chi connectivity index (χ0n) is 9.39. The second-order valence-corrected chi connectivity index (χ2v) is 3.96. The Balaban J connectivity index is 2.74. The van der Waals surface area contributed by atoms with Crippen LogP contribution in [0.4, 0.5) is 0 Å². The Morgan fingerprint density at radius 3 is 2.59 bits per heavy atom. The summed E-state index contributed by atoms with van der Waals surface area (Å²) in [6.07, 6.45) is -5.67. The highest BCUT2D eigenvalue weighted by Crippen LogP contribution is 2.21. The van der Waals surface area contributed by atoms with Gasteiger partial charge in [-0.05, 0) is 6.92 Å². The van der Waals surface area contributed by atoms with Gasteiger partial charge in [0.2, 0.25) is 5.91 Å². The molecule has 1 aliphatic rings. The van der Waals surface area contributed by atoms with E-state index in [4.69, 9.17) is 26.0 Å². The van der Waals surface area contributed by atoms with Crippen LogP contribution in [-0.4, -0.2) is 64.6 Å². The lowest BCUT2D eigenvalue weighted by molar-refractivity contribution is -0.261. The van der Waals surface area contributed by atoms with Gasteiger partial charge in [0.05, 0.1) is 12.6 Å². The van der Waals surface area contributed by atoms with Gasteiger partial charge < -0.3 is 36.3 Å². The largest absolute Gasteiger partial charge is 0.394 e. The molecule has 0 aromatic rings. The summed E-state index contributed by atoms with van der Waals surface area (Å²) in [5, 5.41) is 28.2. The molecule has 1 saturated heterocycles. The Kier molecular flexibility index (Phi) is 4.80. The van der Waals surface area contributed by atoms with Gasteiger partial charge in [-0.3, -0.25) is 4.79 Å². The second-order valence-electron chi connectivity index (χ2n) is 3.96. The Morgan fingerprint density at radius 1 is 1.53 bits per heavy atom. The Bertz CT molecular complexity index is 276. The summed E-state index contributed by atoms with van der Waals surface area (Å²) in [6, 6.07) is -1.03. The van der Waals surface area contributed by atoms with E-state index in [1.807, 2.05) is 0 Å². The van der Waals surface area contributed by atoms with Crippen molar-refractivity contribution < 1.29 is 29.6 Å². The van der Waals surface area contributed by atoms with Gasteiger partial charge >= 0.3 is 0 Å². The Hall–Kier alpha value is -0.770. The first-order valence-corrected chi connectivity index (χ1v) is 5.21. The molecule has 0 bridgehead atoms. The standard InChI is InChI=1S/C9H18N2O6/c1-3(8(11)14)16-7-5(10)9(15)17-4(2-12)6(7)13/h3-7,9,12-13,15H,2,10H2,1H3,(H2,11,14)/t3?,4-,5-,6-,7-,9+/m1/s1. The van der Waals surface area contributed by atoms with Crippen LogP contribution in [0.5, 0.6) is 0 Å². The predicted octanol–water partition coefficient (Wildman–Crippen LogP) is -3.36. The Morgan fingerprint density at radius 2 is 2.12 bits per heavy atom. The van der Waals surface area contributed by atoms with E-state index < -0.39 is 49.3 Å². The fraction of sp³-hybridized carbons (Fsp3) is 0.889. The quantitative estimate of drug-likeness (QED) is 0.350. The highest BCUT2D eigenvalue weighted by atomic mass is 16.6. The molecule has 0 aromatic carbocycles. The summed E-state index contributed by atoms with van der Waals surface area (Å²) in [6.45, 7) is 0.896. The summed E-state index contributed by atoms with van der Waals surface area (Å²) in [5.41, 5.74) is 10.6. The third-order valence-corrected chi connectivity index (χ3v) is 2.68. The fourth-order valence-electron chi connectivity index (χ4n) is 1.58. The predicted molar refractivity (Wildman–Crippen MR) is 55.5 cm³/mol. The van der Waals surface area contributed by atoms with Crippen molar-refractivity contribution in [1.82, 2.24) is 0 Å². The van der Waals surface area contributed by atoms with E-state index in [9.17, 15) is 15.0 Å². The average Bonchev–Trinajstić information content (AvgIpc) is 2.28. The zero-order valence-corrected chi connectivity index (χ0v) is 9.39. The van der Waals surface area contributed by atoms with Gasteiger partial charge in [0.1, 0.15) is 24.4 Å². The molecular formula is C9H18N2O6. The number of primary amides is 1. The first kappa shape index (κ1) is 14.3. The molecule has 8 heteroatoms. The molecule has 0 aliphatic carbocycles. The molecule has 1 rings (SSSR count). The van der Waals surface area contributed by atoms with E-state index in [1.165, 1.54) is 6.92 Å². The SMILES string of the molecule is CC(O[C@@H]1[C@@H](N)[C@@H](O)O[C@H](CO)[C@H]1O)C(N)=O. The van der Waals surface area contributed by atoms with Crippen LogP contribution in [0.15, 0.2) is 0 Å². The smallest absolute Gasteiger partial charge is 0.246 e. The molecule has 7 N–H and O–H groups in total. The topological polar surface area (TPSA) is 148 Å². The maximum absolute atomic E-state index is 10.9. The minimum atomic E-state index is -1.39. The highest BCUT2D eigenvalue weighted by Gasteiger charge is 2.44. The first-order valence-electron chi connectivity index (χ1n) is 5.21. The van der Waals surface area contributed by atoms with Crippen molar-refractivity contribution in [1.29, 1.82) is 0 Å². The molecule has 1 aliphatic heterocycles. The zero-order chi connectivity index (χ0) is 13.2. The van der Waals surface area contributed by atoms with E-state index >= 15 is 0 Å². The molecule has 8 nitrogen and oxygen atoms in total. The number of hydrogen-bond acceptors (Lipinski definition) is 7. The van der Waals surface area contributed by atoms with Crippen LogP contribution in [0.2, 0.25) is 0 Å². The molecule has 0 aromatic heterocycles. The van der Waals surface area contributed by atoms with Gasteiger partial charge in [-0.2, -0.15) is 0 Å². The van der Waals surface area contributed by atoms with Crippen molar-refractivity contribution in [2.45, 2.75) is 43.7 Å². The summed E-state index contributed by atoms with van der Waals surface area (Å²) in [7, 11) is 0. The van der Waals surface area contributed by atoms with Crippen molar-refractivity contribution >= 4 is 5.91 Å². The molecule has 17 heavy (non-hydrogen) atoms. The number of amides is 1. The van der Waals surface area contributed by atoms with Gasteiger partial charge in [0, 0.05) is 0 Å². The molecular weight excluding hydrogens is 232 g/mol. The van der Waals surface area contributed by atoms with Crippen molar-refractivity contribution in [3.63, 3.8) is 0 Å². The molecule has 6 atom stereocenters. The number of aliphatic hydroxyl groups excluding tert-OH is 3. The lowest BCUT2D eigenvalue weighted by Crippen LogP contribution is -2.63. The lowest BCUT2D eigenvalue weighted by atomic mass is 9.97. The van der Waals surface area contributed by atoms with Crippen LogP contribution in [0.1, 0.15) is 6.92 Å². The van der Waals surface area contributed by atoms with Crippen molar-refractivity contribution in [2.24, 2.45) is 11.5 Å². The number of hydrogen-bond donors (Lipinski definition) is 5. The maximum Gasteiger partial charge on any atom is 0.246 e. The summed E-state index contributed by atoms with van der Waals surface area (Å²) in [4.78, 5) is 10.9. The minimum absolute atomic E-state index is 0.504. The number of aliphatic hydroxyl groups is 3. The van der Waals surface area contributed by atoms with Gasteiger partial charge in [0.25, 0.3) is 0 Å². The molecule has 0 radical (unpaired) electrons. The Labute approximate surface area is 98.1 Å². The van der Waals surface area contributed by atoms with Crippen molar-refractivity contribution in [3.8, 4) is 0 Å². The molecule has 1 amide bonds. The van der Waals surface area contributed by atoms with Crippen molar-refractivity contribution in [2.75, 3.05) is 6.61 Å². The van der Waals surface area contributed by atoms with Gasteiger partial charge in [-0.1, -0.05) is 0 Å². The molecule has 1 heterocycles. The van der Waals surface area contributed by atoms with Crippen LogP contribution in [0.3, 0.4) is 0 Å². The van der Waals surface area contributed by atoms with E-state index in [2.05, 4.69) is 0 Å². The van der Waals surface area contributed by atoms with Crippen LogP contribution in [0.25, 0.3) is 0 Å². The normalized spacial score (nSPS) is 39.9. The van der Waals surface area contributed by atoms with Gasteiger partial charge in [-0.15, -0.1) is 0 Å². The monoisotopic (exact) mass is 250 g/mol. The highest BCUT2D eigenvalue weighted by molar-refractivity contribution is 5.78. The maximum atomic E-state index is 10.9. The molecule has 1 fully saturated rings. The molecule has 0 spiro atoms. The third-order valence-electron chi connectivity index (χ3n) is 2.68. The van der Waals surface area contributed by atoms with E-state index in [0.717, 1.165) is 0 Å². The van der Waals surface area contributed by atoms with Gasteiger partial charge in [-0.25, -0.2) is 0 Å². The molecule has 1 unspecified atom stereocenters. The van der Waals surface area contributed by atoms with Gasteiger partial charge in [0.15, 0.2) is 6.29 Å². The summed E-state index contributed by atoms with van der Waals surface area (Å²) in [5.74, 6) is -0.717. The third kappa shape index (κ3) is 3.12. The fourth-order valence-corrected chi connectivity index (χ4v) is 1.58. The number of ether oxygens (including phenoxy) is 2. The minimum Gasteiger partial charge on any atom is -0.394 e. The van der Waals surface area contributed by atoms with E-state index in [-0.39, 0.29) is 0 Å². The number of carbonyl (C=O) groups excluding carboxylic acids is 1. The molecule has 0 saturated carbocycles. The summed E-state index contributed by atoms with van der Waals surface area (Å²) >= 11 is 0.